The third-order valence-electron chi connectivity index (χ3n) is 4.97. The van der Waals surface area contributed by atoms with E-state index >= 15 is 0 Å². The van der Waals surface area contributed by atoms with E-state index in [4.69, 9.17) is 0 Å². The maximum absolute atomic E-state index is 13.8. The van der Waals surface area contributed by atoms with Gasteiger partial charge in [0.15, 0.2) is 0 Å². The Bertz CT molecular complexity index is 713. The standard InChI is InChI=1S/C19H25F2N3/c1-4-24-18-6-5-9-22-17(19(18)13(3)23-24)8-7-14-10-15(20)12(2)16(21)11-14/h10-11,17,22H,4-9H2,1-3H3. The molecule has 1 unspecified atom stereocenters. The second-order valence-corrected chi connectivity index (χ2v) is 6.59. The van der Waals surface area contributed by atoms with Crippen LogP contribution in [-0.4, -0.2) is 16.3 Å². The van der Waals surface area contributed by atoms with Crippen molar-refractivity contribution in [3.8, 4) is 0 Å². The minimum absolute atomic E-state index is 0.0914. The number of benzene rings is 1. The Balaban J connectivity index is 1.82. The number of hydrogen-bond acceptors (Lipinski definition) is 2. The SMILES string of the molecule is CCn1nc(C)c2c1CCCNC2CCc1cc(F)c(C)c(F)c1. The van der Waals surface area contributed by atoms with Gasteiger partial charge in [-0.1, -0.05) is 0 Å². The highest BCUT2D eigenvalue weighted by Crippen LogP contribution is 2.29. The van der Waals surface area contributed by atoms with Crippen LogP contribution in [0.15, 0.2) is 12.1 Å². The zero-order chi connectivity index (χ0) is 17.3. The second kappa shape index (κ2) is 7.01. The fraction of sp³-hybridized carbons (Fsp3) is 0.526. The molecule has 0 fully saturated rings. The normalized spacial score (nSPS) is 17.6. The molecule has 130 valence electrons. The van der Waals surface area contributed by atoms with Gasteiger partial charge in [0, 0.05) is 29.4 Å². The lowest BCUT2D eigenvalue weighted by molar-refractivity contribution is 0.503. The summed E-state index contributed by atoms with van der Waals surface area (Å²) < 4.78 is 29.6. The minimum atomic E-state index is -0.463. The van der Waals surface area contributed by atoms with Crippen molar-refractivity contribution in [3.05, 3.63) is 51.8 Å². The average molecular weight is 333 g/mol. The smallest absolute Gasteiger partial charge is 0.129 e. The molecule has 1 N–H and O–H groups in total. The number of rotatable bonds is 4. The first-order valence-electron chi connectivity index (χ1n) is 8.75. The van der Waals surface area contributed by atoms with Crippen LogP contribution < -0.4 is 5.32 Å². The van der Waals surface area contributed by atoms with E-state index in [1.807, 2.05) is 0 Å². The van der Waals surface area contributed by atoms with Gasteiger partial charge in [0.05, 0.1) is 5.69 Å². The fourth-order valence-electron chi connectivity index (χ4n) is 3.66. The van der Waals surface area contributed by atoms with Gasteiger partial charge in [-0.25, -0.2) is 8.78 Å². The Hall–Kier alpha value is -1.75. The van der Waals surface area contributed by atoms with Gasteiger partial charge in [-0.15, -0.1) is 0 Å². The predicted octanol–water partition coefficient (Wildman–Crippen LogP) is 4.01. The van der Waals surface area contributed by atoms with Crippen molar-refractivity contribution in [1.82, 2.24) is 15.1 Å². The molecule has 2 aromatic rings. The van der Waals surface area contributed by atoms with Crippen LogP contribution in [0.25, 0.3) is 0 Å². The quantitative estimate of drug-likeness (QED) is 0.916. The van der Waals surface area contributed by atoms with E-state index in [0.717, 1.165) is 38.0 Å². The van der Waals surface area contributed by atoms with Gasteiger partial charge >= 0.3 is 0 Å². The summed E-state index contributed by atoms with van der Waals surface area (Å²) in [6.45, 7) is 7.46. The Morgan fingerprint density at radius 2 is 1.96 bits per heavy atom. The number of aryl methyl sites for hydroxylation is 3. The lowest BCUT2D eigenvalue weighted by Gasteiger charge is -2.18. The van der Waals surface area contributed by atoms with Gasteiger partial charge in [0.25, 0.3) is 0 Å². The molecule has 1 atom stereocenters. The van der Waals surface area contributed by atoms with E-state index in [9.17, 15) is 8.78 Å². The minimum Gasteiger partial charge on any atom is -0.310 e. The summed E-state index contributed by atoms with van der Waals surface area (Å²) in [6.07, 6.45) is 3.57. The molecule has 2 heterocycles. The van der Waals surface area contributed by atoms with Crippen molar-refractivity contribution in [2.75, 3.05) is 6.54 Å². The summed E-state index contributed by atoms with van der Waals surface area (Å²) in [7, 11) is 0. The molecule has 0 bridgehead atoms. The van der Waals surface area contributed by atoms with E-state index in [2.05, 4.69) is 28.9 Å². The van der Waals surface area contributed by atoms with Crippen LogP contribution in [0.5, 0.6) is 0 Å². The highest BCUT2D eigenvalue weighted by molar-refractivity contribution is 5.31. The molecule has 5 heteroatoms. The van der Waals surface area contributed by atoms with Gasteiger partial charge in [-0.3, -0.25) is 4.68 Å². The van der Waals surface area contributed by atoms with E-state index in [-0.39, 0.29) is 11.6 Å². The maximum atomic E-state index is 13.8. The monoisotopic (exact) mass is 333 g/mol. The lowest BCUT2D eigenvalue weighted by atomic mass is 9.96. The second-order valence-electron chi connectivity index (χ2n) is 6.59. The molecular weight excluding hydrogens is 308 g/mol. The summed E-state index contributed by atoms with van der Waals surface area (Å²) in [5, 5.41) is 8.24. The van der Waals surface area contributed by atoms with Gasteiger partial charge in [-0.2, -0.15) is 5.10 Å². The van der Waals surface area contributed by atoms with Crippen molar-refractivity contribution >= 4 is 0 Å². The fourth-order valence-corrected chi connectivity index (χ4v) is 3.66. The van der Waals surface area contributed by atoms with E-state index < -0.39 is 11.6 Å². The first-order chi connectivity index (χ1) is 11.5. The number of hydrogen-bond donors (Lipinski definition) is 1. The molecule has 1 aliphatic heterocycles. The molecule has 1 aliphatic rings. The highest BCUT2D eigenvalue weighted by Gasteiger charge is 2.24. The van der Waals surface area contributed by atoms with Crippen molar-refractivity contribution in [2.24, 2.45) is 0 Å². The van der Waals surface area contributed by atoms with Crippen LogP contribution >= 0.6 is 0 Å². The van der Waals surface area contributed by atoms with Crippen LogP contribution in [0, 0.1) is 25.5 Å². The molecular formula is C19H25F2N3. The lowest BCUT2D eigenvalue weighted by Crippen LogP contribution is -2.22. The Labute approximate surface area is 142 Å². The van der Waals surface area contributed by atoms with Crippen LogP contribution in [0.2, 0.25) is 0 Å². The molecule has 1 aromatic heterocycles. The van der Waals surface area contributed by atoms with Crippen molar-refractivity contribution in [3.63, 3.8) is 0 Å². The molecule has 0 saturated carbocycles. The van der Waals surface area contributed by atoms with Gasteiger partial charge in [0.1, 0.15) is 11.6 Å². The Kier molecular flexibility index (Phi) is 4.99. The summed E-state index contributed by atoms with van der Waals surface area (Å²) in [4.78, 5) is 0. The molecule has 0 spiro atoms. The Morgan fingerprint density at radius 3 is 2.62 bits per heavy atom. The topological polar surface area (TPSA) is 29.9 Å². The summed E-state index contributed by atoms with van der Waals surface area (Å²) in [5.74, 6) is -0.927. The van der Waals surface area contributed by atoms with Gasteiger partial charge in [-0.05, 0) is 70.7 Å². The molecule has 0 amide bonds. The molecule has 3 rings (SSSR count). The zero-order valence-corrected chi connectivity index (χ0v) is 14.6. The van der Waals surface area contributed by atoms with E-state index in [1.165, 1.54) is 30.3 Å². The summed E-state index contributed by atoms with van der Waals surface area (Å²) >= 11 is 0. The molecule has 0 aliphatic carbocycles. The van der Waals surface area contributed by atoms with E-state index in [1.54, 1.807) is 0 Å². The third-order valence-corrected chi connectivity index (χ3v) is 4.97. The average Bonchev–Trinajstić information content (AvgIpc) is 2.74. The molecule has 3 nitrogen and oxygen atoms in total. The molecule has 24 heavy (non-hydrogen) atoms. The molecule has 0 saturated heterocycles. The van der Waals surface area contributed by atoms with Crippen molar-refractivity contribution < 1.29 is 8.78 Å². The van der Waals surface area contributed by atoms with Crippen LogP contribution in [0.4, 0.5) is 8.78 Å². The van der Waals surface area contributed by atoms with Crippen LogP contribution in [0.1, 0.15) is 53.9 Å². The number of nitrogens with one attached hydrogen (secondary N) is 1. The first-order valence-corrected chi connectivity index (χ1v) is 8.75. The first kappa shape index (κ1) is 17.1. The van der Waals surface area contributed by atoms with Crippen molar-refractivity contribution in [2.45, 2.75) is 59.0 Å². The third kappa shape index (κ3) is 3.22. The number of aromatic nitrogens is 2. The predicted molar refractivity (Wildman–Crippen MR) is 91.1 cm³/mol. The van der Waals surface area contributed by atoms with Gasteiger partial charge < -0.3 is 5.32 Å². The number of nitrogens with zero attached hydrogens (tertiary/aromatic N) is 2. The largest absolute Gasteiger partial charge is 0.310 e. The van der Waals surface area contributed by atoms with Gasteiger partial charge in [0.2, 0.25) is 0 Å². The highest BCUT2D eigenvalue weighted by atomic mass is 19.1. The van der Waals surface area contributed by atoms with E-state index in [0.29, 0.717) is 12.0 Å². The van der Waals surface area contributed by atoms with Crippen LogP contribution in [-0.2, 0) is 19.4 Å². The zero-order valence-electron chi connectivity index (χ0n) is 14.6. The Morgan fingerprint density at radius 1 is 1.25 bits per heavy atom. The molecule has 1 aromatic carbocycles. The summed E-state index contributed by atoms with van der Waals surface area (Å²) in [6, 6.07) is 3.10. The maximum Gasteiger partial charge on any atom is 0.129 e. The number of halogens is 2. The summed E-state index contributed by atoms with van der Waals surface area (Å²) in [5.41, 5.74) is 4.46. The van der Waals surface area contributed by atoms with Crippen molar-refractivity contribution in [1.29, 1.82) is 0 Å². The van der Waals surface area contributed by atoms with Crippen LogP contribution in [0.3, 0.4) is 0 Å². The molecule has 0 radical (unpaired) electrons. The number of fused-ring (bicyclic) bond motifs is 1.